The van der Waals surface area contributed by atoms with Crippen LogP contribution in [-0.2, 0) is 16.0 Å². The minimum Gasteiger partial charge on any atom is -0.461 e. The molecule has 0 amide bonds. The van der Waals surface area contributed by atoms with Gasteiger partial charge in [-0.25, -0.2) is 9.48 Å². The van der Waals surface area contributed by atoms with Gasteiger partial charge in [-0.2, -0.15) is 5.10 Å². The lowest BCUT2D eigenvalue weighted by Gasteiger charge is -2.06. The topological polar surface area (TPSA) is 70.4 Å². The van der Waals surface area contributed by atoms with Crippen molar-refractivity contribution in [3.8, 4) is 0 Å². The Labute approximate surface area is 99.2 Å². The minimum atomic E-state index is -0.516. The van der Waals surface area contributed by atoms with Gasteiger partial charge >= 0.3 is 5.97 Å². The Hall–Kier alpha value is -1.69. The first-order chi connectivity index (χ1) is 8.19. The fourth-order valence-electron chi connectivity index (χ4n) is 1.16. The molecule has 0 fully saturated rings. The van der Waals surface area contributed by atoms with Crippen molar-refractivity contribution in [1.29, 1.82) is 0 Å². The van der Waals surface area contributed by atoms with Gasteiger partial charge < -0.3 is 9.47 Å². The number of carbonyl (C=O) groups excluding carboxylic acids is 1. The van der Waals surface area contributed by atoms with Crippen LogP contribution in [0.5, 0.6) is 0 Å². The molecule has 0 atom stereocenters. The summed E-state index contributed by atoms with van der Waals surface area (Å²) < 4.78 is 11.0. The molecule has 0 N–H and O–H groups in total. The second kappa shape index (κ2) is 6.80. The molecule has 0 unspecified atom stereocenters. The first-order valence-corrected chi connectivity index (χ1v) is 5.43. The molecule has 94 valence electrons. The number of rotatable bonds is 6. The van der Waals surface area contributed by atoms with E-state index in [0.29, 0.717) is 19.8 Å². The molecule has 6 nitrogen and oxygen atoms in total. The highest BCUT2D eigenvalue weighted by molar-refractivity contribution is 5.86. The molecule has 0 saturated heterocycles. The maximum absolute atomic E-state index is 11.5. The Morgan fingerprint density at radius 3 is 2.82 bits per heavy atom. The molecular weight excluding hydrogens is 224 g/mol. The summed E-state index contributed by atoms with van der Waals surface area (Å²) >= 11 is 0. The van der Waals surface area contributed by atoms with Crippen molar-refractivity contribution in [1.82, 2.24) is 9.78 Å². The first kappa shape index (κ1) is 13.4. The minimum absolute atomic E-state index is 0.133. The van der Waals surface area contributed by atoms with Crippen LogP contribution in [0.15, 0.2) is 16.9 Å². The van der Waals surface area contributed by atoms with Crippen molar-refractivity contribution in [3.63, 3.8) is 0 Å². The number of hydrogen-bond acceptors (Lipinski definition) is 5. The fourth-order valence-corrected chi connectivity index (χ4v) is 1.16. The quantitative estimate of drug-likeness (QED) is 0.675. The second-order valence-electron chi connectivity index (χ2n) is 3.41. The first-order valence-electron chi connectivity index (χ1n) is 5.43. The van der Waals surface area contributed by atoms with E-state index in [0.717, 1.165) is 6.42 Å². The number of ether oxygens (including phenoxy) is 2. The van der Waals surface area contributed by atoms with Crippen LogP contribution in [0.25, 0.3) is 0 Å². The molecule has 0 radical (unpaired) electrons. The second-order valence-corrected chi connectivity index (χ2v) is 3.41. The number of esters is 1. The molecule has 1 aromatic heterocycles. The summed E-state index contributed by atoms with van der Waals surface area (Å²) in [5.74, 6) is -0.516. The molecule has 1 rings (SSSR count). The summed E-state index contributed by atoms with van der Waals surface area (Å²) in [6, 6.07) is 2.66. The van der Waals surface area contributed by atoms with Crippen LogP contribution in [0.3, 0.4) is 0 Å². The molecular formula is C11H16N2O4. The van der Waals surface area contributed by atoms with Gasteiger partial charge in [0.1, 0.15) is 0 Å². The number of hydrogen-bond donors (Lipinski definition) is 0. The molecule has 0 aliphatic carbocycles. The number of carbonyl (C=O) groups is 1. The van der Waals surface area contributed by atoms with E-state index in [1.54, 1.807) is 0 Å². The van der Waals surface area contributed by atoms with Gasteiger partial charge in [0.15, 0.2) is 5.69 Å². The average Bonchev–Trinajstić information content (AvgIpc) is 2.35. The summed E-state index contributed by atoms with van der Waals surface area (Å²) in [6.07, 6.45) is 0.745. The molecule has 0 aromatic carbocycles. The molecule has 0 bridgehead atoms. The average molecular weight is 240 g/mol. The Morgan fingerprint density at radius 2 is 2.18 bits per heavy atom. The lowest BCUT2D eigenvalue weighted by molar-refractivity contribution is 0.0494. The van der Waals surface area contributed by atoms with Gasteiger partial charge in [-0.1, -0.05) is 6.92 Å². The van der Waals surface area contributed by atoms with E-state index in [2.05, 4.69) is 5.10 Å². The van der Waals surface area contributed by atoms with Gasteiger partial charge in [-0.15, -0.1) is 0 Å². The van der Waals surface area contributed by atoms with Crippen molar-refractivity contribution in [2.24, 2.45) is 0 Å². The number of aromatic nitrogens is 2. The van der Waals surface area contributed by atoms with E-state index < -0.39 is 5.97 Å². The van der Waals surface area contributed by atoms with Crippen LogP contribution < -0.4 is 5.56 Å². The van der Waals surface area contributed by atoms with Crippen molar-refractivity contribution < 1.29 is 14.3 Å². The lowest BCUT2D eigenvalue weighted by Crippen LogP contribution is -2.26. The molecule has 1 heterocycles. The lowest BCUT2D eigenvalue weighted by atomic mass is 10.4. The predicted molar refractivity (Wildman–Crippen MR) is 60.9 cm³/mol. The van der Waals surface area contributed by atoms with Crippen molar-refractivity contribution in [2.45, 2.75) is 19.9 Å². The Kier molecular flexibility index (Phi) is 5.35. The molecule has 0 aliphatic rings. The summed E-state index contributed by atoms with van der Waals surface area (Å²) in [7, 11) is 1.53. The largest absolute Gasteiger partial charge is 0.461 e. The van der Waals surface area contributed by atoms with E-state index >= 15 is 0 Å². The normalized spacial score (nSPS) is 10.2. The van der Waals surface area contributed by atoms with Gasteiger partial charge in [-0.05, 0) is 12.5 Å². The van der Waals surface area contributed by atoms with Crippen LogP contribution in [0, 0.1) is 0 Å². The summed E-state index contributed by atoms with van der Waals surface area (Å²) in [6.45, 7) is 2.92. The number of nitrogens with zero attached hydrogens (tertiary/aromatic N) is 2. The maximum atomic E-state index is 11.5. The smallest absolute Gasteiger partial charge is 0.358 e. The summed E-state index contributed by atoms with van der Waals surface area (Å²) in [5, 5.41) is 3.91. The third-order valence-corrected chi connectivity index (χ3v) is 2.02. The molecule has 6 heteroatoms. The van der Waals surface area contributed by atoms with Crippen LogP contribution in [-0.4, -0.2) is 36.1 Å². The standard InChI is InChI=1S/C11H16N2O4/c1-3-7-17-11(15)9-4-5-10(14)13(12-9)6-8-16-2/h4-5H,3,6-8H2,1-2H3. The zero-order valence-electron chi connectivity index (χ0n) is 10.0. The van der Waals surface area contributed by atoms with E-state index in [9.17, 15) is 9.59 Å². The molecule has 0 spiro atoms. The fraction of sp³-hybridized carbons (Fsp3) is 0.545. The third kappa shape index (κ3) is 3.99. The van der Waals surface area contributed by atoms with E-state index in [1.807, 2.05) is 6.92 Å². The highest BCUT2D eigenvalue weighted by Gasteiger charge is 2.10. The van der Waals surface area contributed by atoms with Gasteiger partial charge in [-0.3, -0.25) is 4.79 Å². The Balaban J connectivity index is 2.80. The predicted octanol–water partition coefficient (Wildman–Crippen LogP) is 0.456. The zero-order valence-corrected chi connectivity index (χ0v) is 10.0. The van der Waals surface area contributed by atoms with E-state index in [4.69, 9.17) is 9.47 Å². The summed E-state index contributed by atoms with van der Waals surface area (Å²) in [4.78, 5) is 22.9. The van der Waals surface area contributed by atoms with Crippen LogP contribution >= 0.6 is 0 Å². The highest BCUT2D eigenvalue weighted by Crippen LogP contribution is 1.95. The van der Waals surface area contributed by atoms with E-state index in [-0.39, 0.29) is 11.3 Å². The third-order valence-electron chi connectivity index (χ3n) is 2.02. The molecule has 0 aliphatic heterocycles. The Bertz CT molecular complexity index is 428. The monoisotopic (exact) mass is 240 g/mol. The van der Waals surface area contributed by atoms with Crippen LogP contribution in [0.4, 0.5) is 0 Å². The van der Waals surface area contributed by atoms with E-state index in [1.165, 1.54) is 23.9 Å². The van der Waals surface area contributed by atoms with Gasteiger partial charge in [0.2, 0.25) is 0 Å². The van der Waals surface area contributed by atoms with Crippen molar-refractivity contribution in [3.05, 3.63) is 28.2 Å². The van der Waals surface area contributed by atoms with Crippen LogP contribution in [0.2, 0.25) is 0 Å². The van der Waals surface area contributed by atoms with Crippen LogP contribution in [0.1, 0.15) is 23.8 Å². The van der Waals surface area contributed by atoms with Gasteiger partial charge in [0.05, 0.1) is 19.8 Å². The molecule has 0 saturated carbocycles. The maximum Gasteiger partial charge on any atom is 0.358 e. The van der Waals surface area contributed by atoms with Gasteiger partial charge in [0, 0.05) is 13.2 Å². The SMILES string of the molecule is CCCOC(=O)c1ccc(=O)n(CCOC)n1. The van der Waals surface area contributed by atoms with Crippen molar-refractivity contribution in [2.75, 3.05) is 20.3 Å². The number of methoxy groups -OCH3 is 1. The zero-order chi connectivity index (χ0) is 12.7. The molecule has 1 aromatic rings. The van der Waals surface area contributed by atoms with Crippen molar-refractivity contribution >= 4 is 5.97 Å². The molecule has 17 heavy (non-hydrogen) atoms. The summed E-state index contributed by atoms with van der Waals surface area (Å²) in [5.41, 5.74) is -0.136. The Morgan fingerprint density at radius 1 is 1.41 bits per heavy atom. The highest BCUT2D eigenvalue weighted by atomic mass is 16.5. The van der Waals surface area contributed by atoms with Gasteiger partial charge in [0.25, 0.3) is 5.56 Å².